The molecule has 3 amide bonds. The molecular formula is C21H23N3O5. The van der Waals surface area contributed by atoms with Gasteiger partial charge in [0, 0.05) is 37.2 Å². The molecule has 0 saturated carbocycles. The molecule has 0 radical (unpaired) electrons. The Morgan fingerprint density at radius 3 is 2.90 bits per heavy atom. The van der Waals surface area contributed by atoms with E-state index >= 15 is 0 Å². The molecule has 2 aromatic carbocycles. The number of benzene rings is 2. The summed E-state index contributed by atoms with van der Waals surface area (Å²) in [5.41, 5.74) is 1.38. The van der Waals surface area contributed by atoms with Crippen LogP contribution in [0.15, 0.2) is 42.5 Å². The third-order valence-electron chi connectivity index (χ3n) is 4.86. The molecule has 4 rings (SSSR count). The largest absolute Gasteiger partial charge is 0.492 e. The van der Waals surface area contributed by atoms with Gasteiger partial charge in [-0.2, -0.15) is 0 Å². The van der Waals surface area contributed by atoms with Gasteiger partial charge in [0.1, 0.15) is 5.75 Å². The molecule has 8 nitrogen and oxygen atoms in total. The summed E-state index contributed by atoms with van der Waals surface area (Å²) in [6.07, 6.45) is 0.379. The van der Waals surface area contributed by atoms with Crippen molar-refractivity contribution < 1.29 is 23.8 Å². The molecule has 1 atom stereocenters. The number of ether oxygens (including phenoxy) is 3. The highest BCUT2D eigenvalue weighted by molar-refractivity contribution is 5.96. The van der Waals surface area contributed by atoms with Crippen LogP contribution < -0.4 is 29.7 Å². The first kappa shape index (κ1) is 18.9. The van der Waals surface area contributed by atoms with Crippen LogP contribution in [-0.2, 0) is 4.79 Å². The number of urea groups is 1. The zero-order chi connectivity index (χ0) is 20.2. The first-order valence-corrected chi connectivity index (χ1v) is 9.60. The average molecular weight is 397 g/mol. The predicted octanol–water partition coefficient (Wildman–Crippen LogP) is 2.99. The van der Waals surface area contributed by atoms with Gasteiger partial charge in [0.05, 0.1) is 12.3 Å². The number of nitrogens with zero attached hydrogens (tertiary/aromatic N) is 1. The van der Waals surface area contributed by atoms with E-state index in [0.29, 0.717) is 49.1 Å². The Balaban J connectivity index is 1.32. The molecule has 29 heavy (non-hydrogen) atoms. The topological polar surface area (TPSA) is 89.1 Å². The van der Waals surface area contributed by atoms with E-state index in [4.69, 9.17) is 14.2 Å². The highest BCUT2D eigenvalue weighted by Crippen LogP contribution is 2.37. The third-order valence-corrected chi connectivity index (χ3v) is 4.86. The molecule has 2 aliphatic rings. The standard InChI is InChI=1S/C21H23N3O5/c1-2-27-17-6-4-3-5-16(17)23-21(26)22-11-14-9-20(25)24(12-14)15-7-8-18-19(10-15)29-13-28-18/h3-8,10,14H,2,9,11-13H2,1H3,(H2,22,23,26)/t14-/m0/s1. The molecular weight excluding hydrogens is 374 g/mol. The SMILES string of the molecule is CCOc1ccccc1NC(=O)NC[C@@H]1CC(=O)N(c2ccc3c(c2)OCO3)C1. The highest BCUT2D eigenvalue weighted by atomic mass is 16.7. The number of hydrogen-bond donors (Lipinski definition) is 2. The number of fused-ring (bicyclic) bond motifs is 1. The van der Waals surface area contributed by atoms with Gasteiger partial charge in [-0.25, -0.2) is 4.79 Å². The van der Waals surface area contributed by atoms with Gasteiger partial charge >= 0.3 is 6.03 Å². The van der Waals surface area contributed by atoms with Crippen molar-refractivity contribution in [1.82, 2.24) is 5.32 Å². The summed E-state index contributed by atoms with van der Waals surface area (Å²) < 4.78 is 16.2. The van der Waals surface area contributed by atoms with E-state index in [2.05, 4.69) is 10.6 Å². The number of hydrogen-bond acceptors (Lipinski definition) is 5. The normalized spacial score (nSPS) is 17.3. The third kappa shape index (κ3) is 4.21. The van der Waals surface area contributed by atoms with Gasteiger partial charge in [0.2, 0.25) is 12.7 Å². The van der Waals surface area contributed by atoms with E-state index in [1.807, 2.05) is 31.2 Å². The van der Waals surface area contributed by atoms with Crippen LogP contribution in [0, 0.1) is 5.92 Å². The van der Waals surface area contributed by atoms with Crippen molar-refractivity contribution in [3.05, 3.63) is 42.5 Å². The summed E-state index contributed by atoms with van der Waals surface area (Å²) in [6.45, 7) is 3.53. The minimum Gasteiger partial charge on any atom is -0.492 e. The van der Waals surface area contributed by atoms with Gasteiger partial charge < -0.3 is 29.7 Å². The fourth-order valence-electron chi connectivity index (χ4n) is 3.48. The van der Waals surface area contributed by atoms with Gasteiger partial charge in [-0.3, -0.25) is 4.79 Å². The second kappa shape index (κ2) is 8.30. The maximum Gasteiger partial charge on any atom is 0.319 e. The molecule has 8 heteroatoms. The summed E-state index contributed by atoms with van der Waals surface area (Å²) in [5, 5.41) is 5.65. The van der Waals surface area contributed by atoms with Crippen LogP contribution in [0.1, 0.15) is 13.3 Å². The number of carbonyl (C=O) groups excluding carboxylic acids is 2. The van der Waals surface area contributed by atoms with E-state index in [-0.39, 0.29) is 24.6 Å². The van der Waals surface area contributed by atoms with Gasteiger partial charge in [-0.1, -0.05) is 12.1 Å². The van der Waals surface area contributed by atoms with Crippen LogP contribution in [0.3, 0.4) is 0 Å². The minimum atomic E-state index is -0.328. The molecule has 2 aliphatic heterocycles. The molecule has 2 aromatic rings. The number of rotatable bonds is 6. The Hall–Kier alpha value is -3.42. The number of para-hydroxylation sites is 2. The summed E-state index contributed by atoms with van der Waals surface area (Å²) in [7, 11) is 0. The maximum atomic E-state index is 12.4. The number of anilines is 2. The Morgan fingerprint density at radius 2 is 2.03 bits per heavy atom. The fraction of sp³-hybridized carbons (Fsp3) is 0.333. The lowest BCUT2D eigenvalue weighted by Crippen LogP contribution is -2.34. The average Bonchev–Trinajstić information content (AvgIpc) is 3.33. The van der Waals surface area contributed by atoms with Crippen LogP contribution in [-0.4, -0.2) is 38.4 Å². The van der Waals surface area contributed by atoms with Gasteiger partial charge in [-0.15, -0.1) is 0 Å². The molecule has 2 N–H and O–H groups in total. The van der Waals surface area contributed by atoms with E-state index in [1.165, 1.54) is 0 Å². The van der Waals surface area contributed by atoms with Crippen molar-refractivity contribution in [3.63, 3.8) is 0 Å². The number of amides is 3. The van der Waals surface area contributed by atoms with Crippen LogP contribution in [0.4, 0.5) is 16.2 Å². The quantitative estimate of drug-likeness (QED) is 0.782. The second-order valence-electron chi connectivity index (χ2n) is 6.88. The molecule has 0 aromatic heterocycles. The lowest BCUT2D eigenvalue weighted by Gasteiger charge is -2.17. The Morgan fingerprint density at radius 1 is 1.21 bits per heavy atom. The highest BCUT2D eigenvalue weighted by Gasteiger charge is 2.31. The summed E-state index contributed by atoms with van der Waals surface area (Å²) in [4.78, 5) is 26.4. The van der Waals surface area contributed by atoms with Gasteiger partial charge in [-0.05, 0) is 31.2 Å². The summed E-state index contributed by atoms with van der Waals surface area (Å²) >= 11 is 0. The summed E-state index contributed by atoms with van der Waals surface area (Å²) in [5.74, 6) is 2.00. The lowest BCUT2D eigenvalue weighted by molar-refractivity contribution is -0.117. The van der Waals surface area contributed by atoms with Crippen molar-refractivity contribution >= 4 is 23.3 Å². The van der Waals surface area contributed by atoms with Crippen LogP contribution in [0.5, 0.6) is 17.2 Å². The first-order chi connectivity index (χ1) is 14.1. The molecule has 2 heterocycles. The number of nitrogens with one attached hydrogen (secondary N) is 2. The molecule has 0 unspecified atom stereocenters. The Kier molecular flexibility index (Phi) is 5.41. The molecule has 0 aliphatic carbocycles. The van der Waals surface area contributed by atoms with Crippen LogP contribution >= 0.6 is 0 Å². The fourth-order valence-corrected chi connectivity index (χ4v) is 3.48. The zero-order valence-electron chi connectivity index (χ0n) is 16.1. The Labute approximate surface area is 168 Å². The van der Waals surface area contributed by atoms with Crippen LogP contribution in [0.25, 0.3) is 0 Å². The molecule has 0 spiro atoms. The van der Waals surface area contributed by atoms with Crippen molar-refractivity contribution in [2.24, 2.45) is 5.92 Å². The first-order valence-electron chi connectivity index (χ1n) is 9.60. The predicted molar refractivity (Wildman–Crippen MR) is 108 cm³/mol. The lowest BCUT2D eigenvalue weighted by atomic mass is 10.1. The molecule has 1 saturated heterocycles. The maximum absolute atomic E-state index is 12.4. The smallest absolute Gasteiger partial charge is 0.319 e. The van der Waals surface area contributed by atoms with E-state index in [0.717, 1.165) is 5.69 Å². The molecule has 1 fully saturated rings. The minimum absolute atomic E-state index is 0.0257. The van der Waals surface area contributed by atoms with Crippen molar-refractivity contribution in [3.8, 4) is 17.2 Å². The van der Waals surface area contributed by atoms with Crippen molar-refractivity contribution in [1.29, 1.82) is 0 Å². The van der Waals surface area contributed by atoms with E-state index in [1.54, 1.807) is 23.1 Å². The van der Waals surface area contributed by atoms with E-state index < -0.39 is 0 Å². The zero-order valence-corrected chi connectivity index (χ0v) is 16.1. The Bertz CT molecular complexity index is 917. The monoisotopic (exact) mass is 397 g/mol. The summed E-state index contributed by atoms with van der Waals surface area (Å²) in [6, 6.07) is 12.4. The number of carbonyl (C=O) groups is 2. The molecule has 0 bridgehead atoms. The second-order valence-corrected chi connectivity index (χ2v) is 6.88. The van der Waals surface area contributed by atoms with E-state index in [9.17, 15) is 9.59 Å². The van der Waals surface area contributed by atoms with Gasteiger partial charge in [0.15, 0.2) is 11.5 Å². The van der Waals surface area contributed by atoms with Crippen molar-refractivity contribution in [2.45, 2.75) is 13.3 Å². The molecule has 152 valence electrons. The van der Waals surface area contributed by atoms with Gasteiger partial charge in [0.25, 0.3) is 0 Å². The van der Waals surface area contributed by atoms with Crippen LogP contribution in [0.2, 0.25) is 0 Å². The van der Waals surface area contributed by atoms with Crippen molar-refractivity contribution in [2.75, 3.05) is 36.7 Å².